The smallest absolute Gasteiger partial charge is 0.406 e. The third-order valence-electron chi connectivity index (χ3n) is 16.3. The van der Waals surface area contributed by atoms with E-state index in [9.17, 15) is 33.6 Å². The molecule has 2 aromatic rings. The quantitative estimate of drug-likeness (QED) is 0.0629. The van der Waals surface area contributed by atoms with Crippen molar-refractivity contribution in [1.29, 1.82) is 0 Å². The van der Waals surface area contributed by atoms with E-state index < -0.39 is 60.7 Å². The maximum absolute atomic E-state index is 12.8. The summed E-state index contributed by atoms with van der Waals surface area (Å²) >= 11 is 0. The molecule has 0 saturated carbocycles. The molecule has 4 aliphatic heterocycles. The van der Waals surface area contributed by atoms with E-state index in [4.69, 9.17) is 28.5 Å². The van der Waals surface area contributed by atoms with Gasteiger partial charge in [-0.05, 0) is 116 Å². The maximum atomic E-state index is 12.8. The van der Waals surface area contributed by atoms with E-state index in [1.807, 2.05) is 47.7 Å². The van der Waals surface area contributed by atoms with E-state index in [1.54, 1.807) is 24.7 Å². The summed E-state index contributed by atoms with van der Waals surface area (Å²) in [5.74, 6) is -0.896. The number of hydrogen-bond acceptors (Lipinski definition) is 16. The minimum Gasteiger partial charge on any atom is -0.406 e. The Morgan fingerprint density at radius 1 is 0.986 bits per heavy atom. The fourth-order valence-corrected chi connectivity index (χ4v) is 11.7. The van der Waals surface area contributed by atoms with Gasteiger partial charge in [-0.2, -0.15) is 0 Å². The summed E-state index contributed by atoms with van der Waals surface area (Å²) in [6, 6.07) is 5.37. The van der Waals surface area contributed by atoms with E-state index in [-0.39, 0.29) is 71.8 Å². The summed E-state index contributed by atoms with van der Waals surface area (Å²) in [6.45, 7) is 22.7. The predicted molar refractivity (Wildman–Crippen MR) is 267 cm³/mol. The number of ether oxygens (including phenoxy) is 6. The lowest BCUT2D eigenvalue weighted by Crippen LogP contribution is -2.57. The predicted octanol–water partition coefficient (Wildman–Crippen LogP) is 6.61. The molecule has 5 N–H and O–H groups in total. The van der Waals surface area contributed by atoms with Crippen molar-refractivity contribution in [1.82, 2.24) is 25.2 Å². The number of rotatable bonds is 26. The minimum absolute atomic E-state index is 0.0461. The molecule has 3 fully saturated rings. The number of nitrogens with one attached hydrogen (secondary N) is 1. The molecule has 1 aromatic carbocycles. The molecule has 73 heavy (non-hydrogen) atoms. The van der Waals surface area contributed by atoms with Crippen molar-refractivity contribution in [3.8, 4) is 5.75 Å². The van der Waals surface area contributed by atoms with Gasteiger partial charge in [-0.1, -0.05) is 70.5 Å². The molecule has 1 aromatic heterocycles. The van der Waals surface area contributed by atoms with Gasteiger partial charge >= 0.3 is 6.36 Å². The van der Waals surface area contributed by atoms with Crippen LogP contribution >= 0.6 is 0 Å². The Balaban J connectivity index is 1.13. The van der Waals surface area contributed by atoms with E-state index in [2.05, 4.69) is 65.2 Å². The number of aromatic nitrogens is 3. The van der Waals surface area contributed by atoms with Crippen molar-refractivity contribution in [3.05, 3.63) is 41.7 Å². The van der Waals surface area contributed by atoms with Crippen LogP contribution in [0, 0.1) is 29.6 Å². The van der Waals surface area contributed by atoms with Gasteiger partial charge in [0.25, 0.3) is 0 Å². The Labute approximate surface area is 430 Å². The summed E-state index contributed by atoms with van der Waals surface area (Å²) in [7, 11) is 3.81. The highest BCUT2D eigenvalue weighted by molar-refractivity contribution is 6.01. The lowest BCUT2D eigenvalue weighted by Gasteiger charge is -2.49. The third-order valence-corrected chi connectivity index (χ3v) is 16.3. The molecule has 0 bridgehead atoms. The zero-order chi connectivity index (χ0) is 53.7. The first-order chi connectivity index (χ1) is 34.2. The molecule has 0 radical (unpaired) electrons. The highest BCUT2D eigenvalue weighted by atomic mass is 19.4. The Morgan fingerprint density at radius 3 is 2.37 bits per heavy atom. The number of halogens is 3. The maximum Gasteiger partial charge on any atom is 0.573 e. The highest BCUT2D eigenvalue weighted by Gasteiger charge is 2.56. The van der Waals surface area contributed by atoms with Gasteiger partial charge in [0.15, 0.2) is 18.7 Å². The van der Waals surface area contributed by atoms with Crippen LogP contribution in [0.4, 0.5) is 13.2 Å². The average Bonchev–Trinajstić information content (AvgIpc) is 3.69. The second kappa shape index (κ2) is 25.0. The number of benzene rings is 1. The normalized spacial score (nSPS) is 31.8. The van der Waals surface area contributed by atoms with Crippen LogP contribution in [0.1, 0.15) is 132 Å². The number of aliphatic hydroxyl groups is 4. The first-order valence-electron chi connectivity index (χ1n) is 26.7. The molecule has 4 aliphatic rings. The fraction of sp³-hybridized carbons (Fsp3) is 0.830. The number of likely N-dealkylation sites (N-methyl/N-ethyl adjacent to an activating group) is 2. The zero-order valence-corrected chi connectivity index (χ0v) is 45.4. The Bertz CT molecular complexity index is 2050. The monoisotopic (exact) mass is 1040 g/mol. The van der Waals surface area contributed by atoms with Gasteiger partial charge in [-0.25, -0.2) is 4.68 Å². The lowest BCUT2D eigenvalue weighted by atomic mass is 9.68. The van der Waals surface area contributed by atoms with Gasteiger partial charge in [0.1, 0.15) is 17.5 Å². The van der Waals surface area contributed by atoms with Gasteiger partial charge in [0, 0.05) is 49.7 Å². The van der Waals surface area contributed by atoms with E-state index in [0.717, 1.165) is 18.5 Å². The number of alkyl halides is 3. The van der Waals surface area contributed by atoms with Crippen LogP contribution in [0.5, 0.6) is 5.75 Å². The van der Waals surface area contributed by atoms with Gasteiger partial charge in [-0.3, -0.25) is 0 Å². The molecular formula is C53H87F3N6O11. The number of epoxide rings is 1. The van der Waals surface area contributed by atoms with Crippen molar-refractivity contribution in [2.24, 2.45) is 34.7 Å². The molecule has 20 heteroatoms. The van der Waals surface area contributed by atoms with Gasteiger partial charge in [0.05, 0.1) is 66.3 Å². The van der Waals surface area contributed by atoms with Crippen LogP contribution in [0.25, 0.3) is 0 Å². The third kappa shape index (κ3) is 15.4. The van der Waals surface area contributed by atoms with E-state index >= 15 is 0 Å². The van der Waals surface area contributed by atoms with Crippen LogP contribution in [-0.4, -0.2) is 164 Å². The van der Waals surface area contributed by atoms with Crippen molar-refractivity contribution >= 4 is 5.71 Å². The molecule has 0 amide bonds. The number of aliphatic hydroxyl groups excluding tert-OH is 2. The van der Waals surface area contributed by atoms with Crippen LogP contribution < -0.4 is 10.1 Å². The van der Waals surface area contributed by atoms with Crippen LogP contribution in [0.2, 0.25) is 0 Å². The van der Waals surface area contributed by atoms with E-state index in [0.29, 0.717) is 62.9 Å². The SMILES string of the molecule is CC[C@H](C)C[C@@](C)(O)[C@H](O[C@H]1C[C@@H](N(C)CCc2cn(C[C@H]3CC(c4cccc(OC(F)(F)F)c4)=NO3)nn2)C[C@@H](C)O1)[C@@H](C)[C@H](C1C[C@H](C)[C@@H](O)C(C)O1)[C@@H](C)C1OC1O[C@H](CC)[C@@](C)(O)[C@H](O)[C@@H](C)NC. The summed E-state index contributed by atoms with van der Waals surface area (Å²) in [5.41, 5.74) is -1.06. The molecular weight excluding hydrogens is 954 g/mol. The second-order valence-corrected chi connectivity index (χ2v) is 22.5. The van der Waals surface area contributed by atoms with Crippen LogP contribution in [0.3, 0.4) is 0 Å². The summed E-state index contributed by atoms with van der Waals surface area (Å²) in [5, 5.41) is 62.3. The molecule has 17 nitrogen and oxygen atoms in total. The van der Waals surface area contributed by atoms with E-state index in [1.165, 1.54) is 18.2 Å². The molecule has 5 heterocycles. The van der Waals surface area contributed by atoms with Crippen molar-refractivity contribution in [3.63, 3.8) is 0 Å². The second-order valence-electron chi connectivity index (χ2n) is 22.5. The van der Waals surface area contributed by atoms with Crippen molar-refractivity contribution in [2.75, 3.05) is 20.6 Å². The topological polar surface area (TPSA) is 207 Å². The first kappa shape index (κ1) is 59.2. The van der Waals surface area contributed by atoms with Gasteiger partial charge in [-0.15, -0.1) is 18.3 Å². The number of hydrogen-bond donors (Lipinski definition) is 5. The summed E-state index contributed by atoms with van der Waals surface area (Å²) in [4.78, 5) is 7.92. The Kier molecular flexibility index (Phi) is 20.3. The van der Waals surface area contributed by atoms with Crippen LogP contribution in [-0.2, 0) is 41.5 Å². The molecule has 416 valence electrons. The van der Waals surface area contributed by atoms with Gasteiger partial charge < -0.3 is 63.9 Å². The Morgan fingerprint density at radius 2 is 1.71 bits per heavy atom. The minimum atomic E-state index is -4.80. The highest BCUT2D eigenvalue weighted by Crippen LogP contribution is 2.47. The van der Waals surface area contributed by atoms with Crippen molar-refractivity contribution < 1.29 is 66.9 Å². The lowest BCUT2D eigenvalue weighted by molar-refractivity contribution is -0.274. The van der Waals surface area contributed by atoms with Gasteiger partial charge in [0.2, 0.25) is 0 Å². The largest absolute Gasteiger partial charge is 0.573 e. The first-order valence-corrected chi connectivity index (χ1v) is 26.7. The number of nitrogens with zero attached hydrogens (tertiary/aromatic N) is 5. The molecule has 4 unspecified atom stereocenters. The molecule has 20 atom stereocenters. The Hall–Kier alpha value is -3.02. The molecule has 3 saturated heterocycles. The summed E-state index contributed by atoms with van der Waals surface area (Å²) in [6.07, 6.45) is -4.27. The fourth-order valence-electron chi connectivity index (χ4n) is 11.7. The number of oxime groups is 1. The van der Waals surface area contributed by atoms with Crippen molar-refractivity contribution in [2.45, 2.75) is 231 Å². The molecule has 0 spiro atoms. The average molecular weight is 1040 g/mol. The standard InChI is InChI=1S/C53H87F3N6O11/c1-14-29(3)26-51(10,65)49(33(7)45(42-21-30(4)46(63)35(9)68-42)32(6)47-50(71-47)69-43(15-2)52(11,66)48(64)34(8)57-12)70-44-24-38(22-31(5)67-44)61(13)20-19-37-27-62(60-58-37)28-40-25-41(59-73-40)36-17-16-18-39(23-36)72-53(54,55)56/h16-18,23,27,29-35,38,40,42-50,57,63-66H,14-15,19-22,24-26,28H2,1-13H3/t29-,30-,31+,32+,33-,34+,35?,38-,40+,42?,43+,44-,45+,46+,47?,48+,49+,50?,51+,52+/m0/s1. The molecule has 0 aliphatic carbocycles. The molecule has 6 rings (SSSR count). The zero-order valence-electron chi connectivity index (χ0n) is 45.4. The summed E-state index contributed by atoms with van der Waals surface area (Å²) < 4.78 is 77.5. The van der Waals surface area contributed by atoms with Crippen LogP contribution in [0.15, 0.2) is 35.6 Å².